The Morgan fingerprint density at radius 2 is 1.93 bits per heavy atom. The zero-order valence-corrected chi connectivity index (χ0v) is 9.67. The van der Waals surface area contributed by atoms with Crippen LogP contribution in [0.4, 0.5) is 0 Å². The second-order valence-electron chi connectivity index (χ2n) is 3.20. The van der Waals surface area contributed by atoms with E-state index in [1.54, 1.807) is 19.1 Å². The van der Waals surface area contributed by atoms with Crippen molar-refractivity contribution < 1.29 is 31.8 Å². The van der Waals surface area contributed by atoms with E-state index >= 15 is 0 Å². The Labute approximate surface area is 102 Å². The van der Waals surface area contributed by atoms with Crippen LogP contribution in [0.15, 0.2) is 41.3 Å². The van der Waals surface area contributed by atoms with Crippen molar-refractivity contribution in [3.63, 3.8) is 0 Å². The van der Waals surface area contributed by atoms with E-state index in [0.717, 1.165) is 5.57 Å². The summed E-state index contributed by atoms with van der Waals surface area (Å²) < 4.78 is 32.5. The van der Waals surface area contributed by atoms with E-state index in [0.29, 0.717) is 12.0 Å². The molecule has 0 spiro atoms. The van der Waals surface area contributed by atoms with E-state index < -0.39 is 10.1 Å². The zero-order valence-electron chi connectivity index (χ0n) is 8.86. The zero-order chi connectivity index (χ0) is 10.8. The first-order valence-electron chi connectivity index (χ1n) is 4.09. The molecule has 1 rings (SSSR count). The van der Waals surface area contributed by atoms with Gasteiger partial charge in [0.1, 0.15) is 10.1 Å². The van der Waals surface area contributed by atoms with Crippen LogP contribution in [0.25, 0.3) is 0 Å². The minimum Gasteiger partial charge on any atom is -0.744 e. The molecule has 0 aliphatic heterocycles. The summed E-state index contributed by atoms with van der Waals surface area (Å²) in [5, 5.41) is 0. The minimum atomic E-state index is -4.37. The van der Waals surface area contributed by atoms with Crippen molar-refractivity contribution in [3.8, 4) is 0 Å². The van der Waals surface area contributed by atoms with Crippen molar-refractivity contribution in [2.75, 3.05) is 0 Å². The van der Waals surface area contributed by atoms with Crippen LogP contribution in [0, 0.1) is 0 Å². The molecule has 0 unspecified atom stereocenters. The van der Waals surface area contributed by atoms with E-state index in [9.17, 15) is 13.0 Å². The molecule has 3 nitrogen and oxygen atoms in total. The van der Waals surface area contributed by atoms with Gasteiger partial charge >= 0.3 is 18.9 Å². The molecule has 76 valence electrons. The maximum atomic E-state index is 10.8. The molecule has 0 atom stereocenters. The monoisotopic (exact) mass is 218 g/mol. The molecular weight excluding hydrogens is 207 g/mol. The molecule has 0 aliphatic carbocycles. The van der Waals surface area contributed by atoms with Gasteiger partial charge in [-0.2, -0.15) is 0 Å². The molecule has 0 saturated carbocycles. The molecule has 0 aliphatic rings. The summed E-state index contributed by atoms with van der Waals surface area (Å²) in [4.78, 5) is -0.150. The molecule has 0 bridgehead atoms. The van der Waals surface area contributed by atoms with Gasteiger partial charge in [0.25, 0.3) is 0 Å². The molecular formula is C10H11LiO3S. The van der Waals surface area contributed by atoms with Crippen molar-refractivity contribution in [2.24, 2.45) is 0 Å². The van der Waals surface area contributed by atoms with Crippen LogP contribution in [0.5, 0.6) is 0 Å². The molecule has 0 amide bonds. The van der Waals surface area contributed by atoms with Crippen LogP contribution < -0.4 is 18.9 Å². The second kappa shape index (κ2) is 5.52. The van der Waals surface area contributed by atoms with Gasteiger partial charge in [-0.15, -0.1) is 0 Å². The second-order valence-corrected chi connectivity index (χ2v) is 4.54. The molecule has 15 heavy (non-hydrogen) atoms. The fourth-order valence-electron chi connectivity index (χ4n) is 1.22. The van der Waals surface area contributed by atoms with E-state index in [-0.39, 0.29) is 23.8 Å². The Bertz CT molecular complexity index is 451. The van der Waals surface area contributed by atoms with Gasteiger partial charge in [0, 0.05) is 0 Å². The molecule has 1 aromatic carbocycles. The molecule has 0 radical (unpaired) electrons. The van der Waals surface area contributed by atoms with Crippen LogP contribution in [0.1, 0.15) is 12.5 Å². The molecule has 0 aromatic heterocycles. The van der Waals surface area contributed by atoms with Gasteiger partial charge in [-0.05, 0) is 25.0 Å². The van der Waals surface area contributed by atoms with Crippen molar-refractivity contribution >= 4 is 10.1 Å². The molecule has 1 aromatic rings. The van der Waals surface area contributed by atoms with Gasteiger partial charge in [0.05, 0.1) is 4.90 Å². The summed E-state index contributed by atoms with van der Waals surface area (Å²) in [5.41, 5.74) is 1.33. The Hall–Kier alpha value is -0.533. The van der Waals surface area contributed by atoms with Crippen LogP contribution in [-0.4, -0.2) is 13.0 Å². The normalized spacial score (nSPS) is 10.5. The third-order valence-electron chi connectivity index (χ3n) is 1.73. The molecule has 5 heteroatoms. The van der Waals surface area contributed by atoms with Crippen LogP contribution >= 0.6 is 0 Å². The Balaban J connectivity index is 0.00000196. The van der Waals surface area contributed by atoms with E-state index in [1.807, 2.05) is 0 Å². The first-order chi connectivity index (χ1) is 6.41. The number of hydrogen-bond donors (Lipinski definition) is 0. The molecule has 0 fully saturated rings. The van der Waals surface area contributed by atoms with E-state index in [4.69, 9.17) is 0 Å². The summed E-state index contributed by atoms with van der Waals surface area (Å²) in [6, 6.07) is 6.18. The number of rotatable bonds is 3. The number of benzene rings is 1. The quantitative estimate of drug-likeness (QED) is 0.360. The largest absolute Gasteiger partial charge is 1.00 e. The maximum Gasteiger partial charge on any atom is 1.00 e. The third-order valence-corrected chi connectivity index (χ3v) is 2.67. The summed E-state index contributed by atoms with van der Waals surface area (Å²) in [6.45, 7) is 5.46. The Morgan fingerprint density at radius 3 is 2.40 bits per heavy atom. The van der Waals surface area contributed by atoms with Gasteiger partial charge in [-0.3, -0.25) is 0 Å². The fraction of sp³-hybridized carbons (Fsp3) is 0.200. The van der Waals surface area contributed by atoms with Gasteiger partial charge in [-0.25, -0.2) is 8.42 Å². The van der Waals surface area contributed by atoms with Crippen LogP contribution in [0.2, 0.25) is 0 Å². The summed E-state index contributed by atoms with van der Waals surface area (Å²) in [5.74, 6) is 0. The Morgan fingerprint density at radius 1 is 1.40 bits per heavy atom. The molecule has 0 N–H and O–H groups in total. The molecule has 0 saturated heterocycles. The number of allylic oxidation sites excluding steroid dienone is 1. The summed E-state index contributed by atoms with van der Waals surface area (Å²) >= 11 is 0. The first kappa shape index (κ1) is 14.5. The van der Waals surface area contributed by atoms with Gasteiger partial charge < -0.3 is 4.55 Å². The van der Waals surface area contributed by atoms with Crippen molar-refractivity contribution in [2.45, 2.75) is 18.2 Å². The summed E-state index contributed by atoms with van der Waals surface area (Å²) in [6.07, 6.45) is 0.414. The van der Waals surface area contributed by atoms with Crippen LogP contribution in [0.3, 0.4) is 0 Å². The van der Waals surface area contributed by atoms with Crippen molar-refractivity contribution in [3.05, 3.63) is 42.0 Å². The van der Waals surface area contributed by atoms with E-state index in [1.165, 1.54) is 12.1 Å². The fourth-order valence-corrected chi connectivity index (χ4v) is 1.93. The predicted molar refractivity (Wildman–Crippen MR) is 52.9 cm³/mol. The number of hydrogen-bond acceptors (Lipinski definition) is 3. The van der Waals surface area contributed by atoms with Gasteiger partial charge in [-0.1, -0.05) is 30.4 Å². The third kappa shape index (κ3) is 4.23. The topological polar surface area (TPSA) is 57.2 Å². The average Bonchev–Trinajstić information content (AvgIpc) is 2.01. The first-order valence-corrected chi connectivity index (χ1v) is 5.50. The SMILES string of the molecule is C=C(C)Cc1ccccc1S(=O)(=O)[O-].[Li+]. The standard InChI is InChI=1S/C10H12O3S.Li/c1-8(2)7-9-5-3-4-6-10(9)14(11,12)13;/h3-6H,1,7H2,2H3,(H,11,12,13);/q;+1/p-1. The maximum absolute atomic E-state index is 10.8. The van der Waals surface area contributed by atoms with Gasteiger partial charge in [0.2, 0.25) is 0 Å². The van der Waals surface area contributed by atoms with Gasteiger partial charge in [0.15, 0.2) is 0 Å². The predicted octanol–water partition coefficient (Wildman–Crippen LogP) is -1.29. The molecule has 0 heterocycles. The average molecular weight is 218 g/mol. The smallest absolute Gasteiger partial charge is 0.744 e. The van der Waals surface area contributed by atoms with Crippen molar-refractivity contribution in [1.29, 1.82) is 0 Å². The Kier molecular flexibility index (Phi) is 5.33. The van der Waals surface area contributed by atoms with Crippen LogP contribution in [-0.2, 0) is 16.5 Å². The van der Waals surface area contributed by atoms with Crippen molar-refractivity contribution in [1.82, 2.24) is 0 Å². The minimum absolute atomic E-state index is 0. The summed E-state index contributed by atoms with van der Waals surface area (Å²) in [7, 11) is -4.37. The van der Waals surface area contributed by atoms with E-state index in [2.05, 4.69) is 6.58 Å².